The smallest absolute Gasteiger partial charge is 0.137 e. The molecule has 3 heterocycles. The molecule has 0 unspecified atom stereocenters. The number of hydrogen-bond acceptors (Lipinski definition) is 1. The molecule has 3 aromatic heterocycles. The third-order valence-electron chi connectivity index (χ3n) is 4.96. The zero-order valence-electron chi connectivity index (χ0n) is 13.2. The average molecular weight is 301 g/mol. The van der Waals surface area contributed by atoms with Gasteiger partial charge in [0, 0.05) is 29.3 Å². The van der Waals surface area contributed by atoms with Gasteiger partial charge in [-0.15, -0.1) is 0 Å². The summed E-state index contributed by atoms with van der Waals surface area (Å²) < 4.78 is 4.65. The first-order valence-electron chi connectivity index (χ1n) is 8.33. The van der Waals surface area contributed by atoms with E-state index in [2.05, 4.69) is 64.6 Å². The molecular weight excluding hydrogens is 282 g/mol. The van der Waals surface area contributed by atoms with Crippen molar-refractivity contribution in [2.45, 2.75) is 26.3 Å². The van der Waals surface area contributed by atoms with Gasteiger partial charge in [-0.05, 0) is 49.9 Å². The zero-order chi connectivity index (χ0) is 15.4. The van der Waals surface area contributed by atoms with Gasteiger partial charge in [0.25, 0.3) is 0 Å². The Morgan fingerprint density at radius 1 is 1.09 bits per heavy atom. The summed E-state index contributed by atoms with van der Waals surface area (Å²) in [4.78, 5) is 4.91. The summed E-state index contributed by atoms with van der Waals surface area (Å²) in [5.41, 5.74) is 5.90. The maximum atomic E-state index is 4.91. The van der Waals surface area contributed by atoms with Gasteiger partial charge in [0.1, 0.15) is 11.3 Å². The highest BCUT2D eigenvalue weighted by atomic mass is 15.1. The van der Waals surface area contributed by atoms with Gasteiger partial charge in [0.05, 0.1) is 5.69 Å². The lowest BCUT2D eigenvalue weighted by atomic mass is 10.2. The zero-order valence-corrected chi connectivity index (χ0v) is 13.2. The average Bonchev–Trinajstić information content (AvgIpc) is 3.25. The van der Waals surface area contributed by atoms with Crippen molar-refractivity contribution in [3.05, 3.63) is 60.4 Å². The summed E-state index contributed by atoms with van der Waals surface area (Å²) in [5, 5.41) is 1.31. The lowest BCUT2D eigenvalue weighted by Crippen LogP contribution is -2.02. The predicted octanol–water partition coefficient (Wildman–Crippen LogP) is 4.67. The molecule has 4 aromatic rings. The van der Waals surface area contributed by atoms with Gasteiger partial charge >= 0.3 is 0 Å². The minimum absolute atomic E-state index is 0.835. The first kappa shape index (κ1) is 12.9. The lowest BCUT2D eigenvalue weighted by molar-refractivity contribution is 0.651. The van der Waals surface area contributed by atoms with E-state index in [1.165, 1.54) is 35.1 Å². The van der Waals surface area contributed by atoms with E-state index in [4.69, 9.17) is 4.98 Å². The van der Waals surface area contributed by atoms with E-state index in [1.54, 1.807) is 0 Å². The number of imidazole rings is 1. The van der Waals surface area contributed by atoms with Gasteiger partial charge in [-0.1, -0.05) is 24.3 Å². The van der Waals surface area contributed by atoms with Gasteiger partial charge in [0.15, 0.2) is 0 Å². The van der Waals surface area contributed by atoms with E-state index in [9.17, 15) is 0 Å². The highest BCUT2D eigenvalue weighted by Crippen LogP contribution is 2.36. The molecule has 0 aliphatic heterocycles. The van der Waals surface area contributed by atoms with Crippen molar-refractivity contribution in [2.75, 3.05) is 0 Å². The van der Waals surface area contributed by atoms with Crippen molar-refractivity contribution in [3.8, 4) is 11.4 Å². The summed E-state index contributed by atoms with van der Waals surface area (Å²) >= 11 is 0. The Balaban J connectivity index is 1.78. The van der Waals surface area contributed by atoms with E-state index in [1.807, 2.05) is 6.07 Å². The van der Waals surface area contributed by atoms with Gasteiger partial charge in [0.2, 0.25) is 0 Å². The Morgan fingerprint density at radius 3 is 2.74 bits per heavy atom. The number of aromatic nitrogens is 3. The highest BCUT2D eigenvalue weighted by molar-refractivity contribution is 5.87. The molecule has 1 aliphatic rings. The molecule has 0 amide bonds. The molecule has 1 aromatic carbocycles. The fraction of sp³-hybridized carbons (Fsp3) is 0.250. The largest absolute Gasteiger partial charge is 0.339 e. The molecule has 1 fully saturated rings. The molecule has 0 saturated heterocycles. The van der Waals surface area contributed by atoms with Crippen molar-refractivity contribution in [3.63, 3.8) is 0 Å². The van der Waals surface area contributed by atoms with Crippen LogP contribution in [0.2, 0.25) is 0 Å². The summed E-state index contributed by atoms with van der Waals surface area (Å²) in [6, 6.07) is 17.2. The lowest BCUT2D eigenvalue weighted by Gasteiger charge is -2.09. The molecule has 3 heteroatoms. The Bertz CT molecular complexity index is 1020. The van der Waals surface area contributed by atoms with Crippen molar-refractivity contribution in [1.29, 1.82) is 0 Å². The van der Waals surface area contributed by atoms with Crippen LogP contribution in [0, 0.1) is 12.8 Å². The number of aryl methyl sites for hydroxylation is 1. The topological polar surface area (TPSA) is 22.2 Å². The number of hydrogen-bond donors (Lipinski definition) is 0. The monoisotopic (exact) mass is 301 g/mol. The number of pyridine rings is 1. The van der Waals surface area contributed by atoms with Crippen LogP contribution in [0.1, 0.15) is 18.5 Å². The normalized spacial score (nSPS) is 14.8. The summed E-state index contributed by atoms with van der Waals surface area (Å²) in [5.74, 6) is 0.835. The number of para-hydroxylation sites is 1. The van der Waals surface area contributed by atoms with Crippen LogP contribution >= 0.6 is 0 Å². The molecule has 1 saturated carbocycles. The van der Waals surface area contributed by atoms with E-state index in [0.717, 1.165) is 23.8 Å². The van der Waals surface area contributed by atoms with Crippen LogP contribution in [-0.2, 0) is 6.54 Å². The minimum Gasteiger partial charge on any atom is -0.339 e. The SMILES string of the molecule is Cc1c(-c2cc3ccccc3n2CC2CC2)nc2ccccn12. The van der Waals surface area contributed by atoms with Crippen molar-refractivity contribution < 1.29 is 0 Å². The maximum absolute atomic E-state index is 4.91. The summed E-state index contributed by atoms with van der Waals surface area (Å²) in [7, 11) is 0. The summed E-state index contributed by atoms with van der Waals surface area (Å²) in [6.45, 7) is 3.27. The third-order valence-corrected chi connectivity index (χ3v) is 4.96. The van der Waals surface area contributed by atoms with E-state index >= 15 is 0 Å². The summed E-state index contributed by atoms with van der Waals surface area (Å²) in [6.07, 6.45) is 4.81. The molecule has 0 atom stereocenters. The van der Waals surface area contributed by atoms with Crippen molar-refractivity contribution in [2.24, 2.45) is 5.92 Å². The molecule has 0 N–H and O–H groups in total. The van der Waals surface area contributed by atoms with Gasteiger partial charge in [-0.25, -0.2) is 4.98 Å². The van der Waals surface area contributed by atoms with Crippen LogP contribution in [0.15, 0.2) is 54.7 Å². The quantitative estimate of drug-likeness (QED) is 0.539. The molecule has 0 bridgehead atoms. The van der Waals surface area contributed by atoms with Crippen molar-refractivity contribution >= 4 is 16.6 Å². The molecule has 5 rings (SSSR count). The Labute approximate surface area is 135 Å². The number of rotatable bonds is 3. The van der Waals surface area contributed by atoms with Gasteiger partial charge in [-0.2, -0.15) is 0 Å². The number of fused-ring (bicyclic) bond motifs is 2. The fourth-order valence-corrected chi connectivity index (χ4v) is 3.52. The first-order chi connectivity index (χ1) is 11.3. The van der Waals surface area contributed by atoms with Gasteiger partial charge in [-0.3, -0.25) is 0 Å². The maximum Gasteiger partial charge on any atom is 0.137 e. The molecule has 23 heavy (non-hydrogen) atoms. The molecular formula is C20H19N3. The Kier molecular flexibility index (Phi) is 2.66. The van der Waals surface area contributed by atoms with Crippen LogP contribution < -0.4 is 0 Å². The third kappa shape index (κ3) is 2.00. The van der Waals surface area contributed by atoms with E-state index in [-0.39, 0.29) is 0 Å². The number of nitrogens with zero attached hydrogens (tertiary/aromatic N) is 3. The molecule has 0 radical (unpaired) electrons. The van der Waals surface area contributed by atoms with Crippen LogP contribution in [0.5, 0.6) is 0 Å². The van der Waals surface area contributed by atoms with Crippen LogP contribution in [0.4, 0.5) is 0 Å². The van der Waals surface area contributed by atoms with E-state index in [0.29, 0.717) is 0 Å². The second-order valence-electron chi connectivity index (χ2n) is 6.62. The second-order valence-corrected chi connectivity index (χ2v) is 6.62. The molecule has 114 valence electrons. The highest BCUT2D eigenvalue weighted by Gasteiger charge is 2.25. The number of benzene rings is 1. The standard InChI is InChI=1S/C20H19N3/c1-14-20(21-19-8-4-5-11-22(14)19)18-12-16-6-2-3-7-17(16)23(18)13-15-9-10-15/h2-8,11-12,15H,9-10,13H2,1H3. The molecule has 3 nitrogen and oxygen atoms in total. The first-order valence-corrected chi connectivity index (χ1v) is 8.33. The minimum atomic E-state index is 0.835. The van der Waals surface area contributed by atoms with Crippen LogP contribution in [-0.4, -0.2) is 14.0 Å². The van der Waals surface area contributed by atoms with Crippen LogP contribution in [0.25, 0.3) is 27.9 Å². The fourth-order valence-electron chi connectivity index (χ4n) is 3.52. The van der Waals surface area contributed by atoms with Crippen molar-refractivity contribution in [1.82, 2.24) is 14.0 Å². The van der Waals surface area contributed by atoms with Crippen LogP contribution in [0.3, 0.4) is 0 Å². The van der Waals surface area contributed by atoms with Gasteiger partial charge < -0.3 is 8.97 Å². The predicted molar refractivity (Wildman–Crippen MR) is 93.6 cm³/mol. The van der Waals surface area contributed by atoms with E-state index < -0.39 is 0 Å². The molecule has 1 aliphatic carbocycles. The molecule has 0 spiro atoms. The second kappa shape index (κ2) is 4.72. The Hall–Kier alpha value is -2.55. The Morgan fingerprint density at radius 2 is 1.91 bits per heavy atom.